The Morgan fingerprint density at radius 1 is 0.938 bits per heavy atom. The zero-order valence-corrected chi connectivity index (χ0v) is 19.2. The molecule has 0 spiro atoms. The highest BCUT2D eigenvalue weighted by Crippen LogP contribution is 2.26. The van der Waals surface area contributed by atoms with Crippen LogP contribution in [0.25, 0.3) is 0 Å². The van der Waals surface area contributed by atoms with Crippen LogP contribution in [0.15, 0.2) is 65.6 Å². The molecule has 166 valence electrons. The van der Waals surface area contributed by atoms with Crippen LogP contribution in [-0.4, -0.2) is 27.4 Å². The van der Waals surface area contributed by atoms with Crippen LogP contribution in [0.5, 0.6) is 0 Å². The first-order valence-electron chi connectivity index (χ1n) is 9.50. The van der Waals surface area contributed by atoms with Crippen LogP contribution >= 0.6 is 11.6 Å². The minimum Gasteiger partial charge on any atom is -0.465 e. The lowest BCUT2D eigenvalue weighted by molar-refractivity contribution is 0.0599. The maximum Gasteiger partial charge on any atom is 0.338 e. The fourth-order valence-electron chi connectivity index (χ4n) is 2.99. The summed E-state index contributed by atoms with van der Waals surface area (Å²) in [5.41, 5.74) is 2.61. The molecule has 0 aliphatic rings. The molecule has 7 nitrogen and oxygen atoms in total. The van der Waals surface area contributed by atoms with Gasteiger partial charge in [0.05, 0.1) is 33.8 Å². The van der Waals surface area contributed by atoms with E-state index < -0.39 is 21.9 Å². The van der Waals surface area contributed by atoms with Crippen LogP contribution in [0.3, 0.4) is 0 Å². The molecule has 0 saturated heterocycles. The van der Waals surface area contributed by atoms with Gasteiger partial charge in [-0.3, -0.25) is 9.52 Å². The number of rotatable bonds is 6. The van der Waals surface area contributed by atoms with Crippen molar-refractivity contribution in [3.05, 3.63) is 87.9 Å². The molecule has 2 N–H and O–H groups in total. The van der Waals surface area contributed by atoms with Gasteiger partial charge >= 0.3 is 5.97 Å². The number of hydrogen-bond acceptors (Lipinski definition) is 5. The van der Waals surface area contributed by atoms with Crippen molar-refractivity contribution in [2.75, 3.05) is 17.1 Å². The Bertz CT molecular complexity index is 1290. The number of aryl methyl sites for hydroxylation is 1. The molecule has 1 amide bonds. The van der Waals surface area contributed by atoms with Gasteiger partial charge in [-0.25, -0.2) is 13.2 Å². The van der Waals surface area contributed by atoms with Crippen molar-refractivity contribution >= 4 is 44.9 Å². The standard InChI is InChI=1S/C23H21ClN2O5S/c1-14-7-10-17(11-8-14)32(29,30)26-16-9-12-19(20(24)13-16)22(27)25-21-6-4-5-18(15(21)2)23(28)31-3/h4-13,26H,1-3H3,(H,25,27). The van der Waals surface area contributed by atoms with E-state index in [1.807, 2.05) is 6.92 Å². The van der Waals surface area contributed by atoms with Crippen LogP contribution < -0.4 is 10.0 Å². The number of carbonyl (C=O) groups is 2. The van der Waals surface area contributed by atoms with E-state index in [9.17, 15) is 18.0 Å². The van der Waals surface area contributed by atoms with Crippen molar-refractivity contribution in [3.8, 4) is 0 Å². The van der Waals surface area contributed by atoms with Gasteiger partial charge < -0.3 is 10.1 Å². The lowest BCUT2D eigenvalue weighted by Gasteiger charge is -2.13. The van der Waals surface area contributed by atoms with Gasteiger partial charge in [0, 0.05) is 5.69 Å². The number of methoxy groups -OCH3 is 1. The van der Waals surface area contributed by atoms with Crippen LogP contribution in [0.4, 0.5) is 11.4 Å². The van der Waals surface area contributed by atoms with E-state index in [0.717, 1.165) is 5.56 Å². The Hall–Kier alpha value is -3.36. The molecule has 0 aliphatic carbocycles. The van der Waals surface area contributed by atoms with Crippen molar-refractivity contribution < 1.29 is 22.7 Å². The molecule has 3 aromatic rings. The summed E-state index contributed by atoms with van der Waals surface area (Å²) in [6.07, 6.45) is 0. The summed E-state index contributed by atoms with van der Waals surface area (Å²) in [4.78, 5) is 24.7. The largest absolute Gasteiger partial charge is 0.465 e. The third-order valence-corrected chi connectivity index (χ3v) is 6.49. The highest BCUT2D eigenvalue weighted by atomic mass is 35.5. The van der Waals surface area contributed by atoms with E-state index in [2.05, 4.69) is 10.0 Å². The predicted molar refractivity (Wildman–Crippen MR) is 124 cm³/mol. The maximum absolute atomic E-state index is 12.7. The van der Waals surface area contributed by atoms with Gasteiger partial charge in [-0.2, -0.15) is 0 Å². The Balaban J connectivity index is 1.80. The lowest BCUT2D eigenvalue weighted by atomic mass is 10.1. The fraction of sp³-hybridized carbons (Fsp3) is 0.130. The second-order valence-electron chi connectivity index (χ2n) is 7.04. The topological polar surface area (TPSA) is 102 Å². The van der Waals surface area contributed by atoms with Gasteiger partial charge in [0.25, 0.3) is 15.9 Å². The average Bonchev–Trinajstić information content (AvgIpc) is 2.74. The lowest BCUT2D eigenvalue weighted by Crippen LogP contribution is -2.16. The summed E-state index contributed by atoms with van der Waals surface area (Å²) in [5.74, 6) is -1.02. The third-order valence-electron chi connectivity index (χ3n) is 4.78. The zero-order valence-electron chi connectivity index (χ0n) is 17.6. The summed E-state index contributed by atoms with van der Waals surface area (Å²) in [6.45, 7) is 3.55. The van der Waals surface area contributed by atoms with Crippen LogP contribution in [0.1, 0.15) is 31.8 Å². The molecule has 0 atom stereocenters. The zero-order chi connectivity index (χ0) is 23.5. The number of benzene rings is 3. The molecular formula is C23H21ClN2O5S. The Morgan fingerprint density at radius 2 is 1.62 bits per heavy atom. The average molecular weight is 473 g/mol. The minimum absolute atomic E-state index is 0.0633. The summed E-state index contributed by atoms with van der Waals surface area (Å²) < 4.78 is 32.3. The van der Waals surface area contributed by atoms with Crippen LogP contribution in [0, 0.1) is 13.8 Å². The smallest absolute Gasteiger partial charge is 0.338 e. The number of hydrogen-bond donors (Lipinski definition) is 2. The molecule has 0 heterocycles. The van der Waals surface area contributed by atoms with Crippen molar-refractivity contribution in [2.45, 2.75) is 18.7 Å². The Kier molecular flexibility index (Phi) is 6.86. The molecule has 0 saturated carbocycles. The first kappa shape index (κ1) is 23.3. The summed E-state index contributed by atoms with van der Waals surface area (Å²) in [6, 6.07) is 15.5. The van der Waals surface area contributed by atoms with Gasteiger partial charge in [-0.1, -0.05) is 35.4 Å². The van der Waals surface area contributed by atoms with Crippen molar-refractivity contribution in [3.63, 3.8) is 0 Å². The minimum atomic E-state index is -3.80. The first-order valence-corrected chi connectivity index (χ1v) is 11.4. The predicted octanol–water partition coefficient (Wildman–Crippen LogP) is 4.80. The fourth-order valence-corrected chi connectivity index (χ4v) is 4.30. The van der Waals surface area contributed by atoms with Gasteiger partial charge in [-0.15, -0.1) is 0 Å². The number of anilines is 2. The number of carbonyl (C=O) groups excluding carboxylic acids is 2. The molecule has 0 aromatic heterocycles. The molecule has 32 heavy (non-hydrogen) atoms. The van der Waals surface area contributed by atoms with Crippen molar-refractivity contribution in [1.82, 2.24) is 0 Å². The molecule has 0 aliphatic heterocycles. The van der Waals surface area contributed by atoms with Gasteiger partial charge in [-0.05, 0) is 61.9 Å². The monoisotopic (exact) mass is 472 g/mol. The highest BCUT2D eigenvalue weighted by molar-refractivity contribution is 7.92. The number of amides is 1. The van der Waals surface area contributed by atoms with Gasteiger partial charge in [0.15, 0.2) is 0 Å². The third kappa shape index (κ3) is 5.09. The van der Waals surface area contributed by atoms with Crippen LogP contribution in [-0.2, 0) is 14.8 Å². The molecule has 3 aromatic carbocycles. The SMILES string of the molecule is COC(=O)c1cccc(NC(=O)c2ccc(NS(=O)(=O)c3ccc(C)cc3)cc2Cl)c1C. The molecule has 9 heteroatoms. The first-order chi connectivity index (χ1) is 15.1. The van der Waals surface area contributed by atoms with Crippen molar-refractivity contribution in [2.24, 2.45) is 0 Å². The molecule has 0 fully saturated rings. The van der Waals surface area contributed by atoms with E-state index in [1.165, 1.54) is 37.4 Å². The van der Waals surface area contributed by atoms with Crippen LogP contribution in [0.2, 0.25) is 5.02 Å². The Labute approximate surface area is 191 Å². The Morgan fingerprint density at radius 3 is 2.25 bits per heavy atom. The van der Waals surface area contributed by atoms with E-state index in [-0.39, 0.29) is 21.2 Å². The van der Waals surface area contributed by atoms with E-state index in [1.54, 1.807) is 37.3 Å². The second-order valence-corrected chi connectivity index (χ2v) is 9.13. The van der Waals surface area contributed by atoms with Crippen molar-refractivity contribution in [1.29, 1.82) is 0 Å². The number of ether oxygens (including phenoxy) is 1. The number of halogens is 1. The molecule has 0 bridgehead atoms. The van der Waals surface area contributed by atoms with E-state index >= 15 is 0 Å². The number of esters is 1. The molecular weight excluding hydrogens is 452 g/mol. The van der Waals surface area contributed by atoms with E-state index in [0.29, 0.717) is 16.8 Å². The normalized spacial score (nSPS) is 11.0. The molecule has 3 rings (SSSR count). The maximum atomic E-state index is 12.7. The van der Waals surface area contributed by atoms with Gasteiger partial charge in [0.2, 0.25) is 0 Å². The highest BCUT2D eigenvalue weighted by Gasteiger charge is 2.18. The second kappa shape index (κ2) is 9.42. The number of nitrogens with one attached hydrogen (secondary N) is 2. The van der Waals surface area contributed by atoms with E-state index in [4.69, 9.17) is 16.3 Å². The number of sulfonamides is 1. The summed E-state index contributed by atoms with van der Waals surface area (Å²) in [5, 5.41) is 2.78. The molecule has 0 unspecified atom stereocenters. The summed E-state index contributed by atoms with van der Waals surface area (Å²) in [7, 11) is -2.52. The van der Waals surface area contributed by atoms with Gasteiger partial charge in [0.1, 0.15) is 0 Å². The summed E-state index contributed by atoms with van der Waals surface area (Å²) >= 11 is 6.26. The quantitative estimate of drug-likeness (QED) is 0.502. The molecule has 0 radical (unpaired) electrons.